The maximum Gasteiger partial charge on any atom is 0.191 e. The van der Waals surface area contributed by atoms with Crippen LogP contribution in [0.1, 0.15) is 26.5 Å². The number of aromatic nitrogens is 1. The molecule has 0 bridgehead atoms. The van der Waals surface area contributed by atoms with Gasteiger partial charge in [-0.1, -0.05) is 38.1 Å². The van der Waals surface area contributed by atoms with E-state index in [-0.39, 0.29) is 0 Å². The first kappa shape index (κ1) is 20.6. The van der Waals surface area contributed by atoms with Gasteiger partial charge in [0.15, 0.2) is 5.96 Å². The van der Waals surface area contributed by atoms with E-state index in [0.29, 0.717) is 18.5 Å². The number of fused-ring (bicyclic) bond motifs is 1. The maximum absolute atomic E-state index is 5.51. The van der Waals surface area contributed by atoms with Gasteiger partial charge < -0.3 is 15.4 Å². The lowest BCUT2D eigenvalue weighted by Crippen LogP contribution is -2.52. The molecule has 6 nitrogen and oxygen atoms in total. The Kier molecular flexibility index (Phi) is 7.62. The predicted molar refractivity (Wildman–Crippen MR) is 116 cm³/mol. The number of guanidine groups is 1. The molecule has 0 radical (unpaired) electrons. The van der Waals surface area contributed by atoms with Crippen LogP contribution >= 0.6 is 0 Å². The highest BCUT2D eigenvalue weighted by molar-refractivity contribution is 5.85. The molecule has 1 aromatic heterocycles. The van der Waals surface area contributed by atoms with E-state index in [1.165, 1.54) is 5.39 Å². The Hall–Kier alpha value is -2.18. The standard InChI is InChI=1S/C22H33N5O/c1-4-23-22(26-16-21(17(2)3)27-11-13-28-14-12-27)25-15-20-19-8-6-5-7-18(19)9-10-24-20/h5-10,17,21H,4,11-16H2,1-3H3,(H2,23,25,26). The fraction of sp³-hybridized carbons (Fsp3) is 0.545. The molecule has 0 spiro atoms. The van der Waals surface area contributed by atoms with Gasteiger partial charge in [0.1, 0.15) is 0 Å². The molecule has 2 aromatic rings. The zero-order valence-electron chi connectivity index (χ0n) is 17.3. The third-order valence-electron chi connectivity index (χ3n) is 5.25. The van der Waals surface area contributed by atoms with E-state index >= 15 is 0 Å². The van der Waals surface area contributed by atoms with Crippen molar-refractivity contribution in [2.45, 2.75) is 33.4 Å². The molecule has 0 amide bonds. The van der Waals surface area contributed by atoms with E-state index in [1.54, 1.807) is 0 Å². The van der Waals surface area contributed by atoms with Crippen LogP contribution in [0.25, 0.3) is 10.8 Å². The average Bonchev–Trinajstić information content (AvgIpc) is 2.72. The summed E-state index contributed by atoms with van der Waals surface area (Å²) in [5.41, 5.74) is 1.00. The molecule has 1 saturated heterocycles. The van der Waals surface area contributed by atoms with Crippen molar-refractivity contribution in [3.8, 4) is 0 Å². The molecule has 1 unspecified atom stereocenters. The number of rotatable bonds is 7. The molecule has 28 heavy (non-hydrogen) atoms. The third-order valence-corrected chi connectivity index (χ3v) is 5.25. The van der Waals surface area contributed by atoms with Crippen molar-refractivity contribution < 1.29 is 4.74 Å². The van der Waals surface area contributed by atoms with Gasteiger partial charge in [0.05, 0.1) is 25.5 Å². The molecular formula is C22H33N5O. The summed E-state index contributed by atoms with van der Waals surface area (Å²) in [4.78, 5) is 11.9. The van der Waals surface area contributed by atoms with Crippen LogP contribution in [0.2, 0.25) is 0 Å². The summed E-state index contributed by atoms with van der Waals surface area (Å²) < 4.78 is 5.51. The van der Waals surface area contributed by atoms with Gasteiger partial charge in [-0.15, -0.1) is 0 Å². The first-order valence-corrected chi connectivity index (χ1v) is 10.4. The first-order valence-electron chi connectivity index (χ1n) is 10.4. The molecule has 1 fully saturated rings. The number of nitrogens with zero attached hydrogens (tertiary/aromatic N) is 3. The van der Waals surface area contributed by atoms with E-state index in [0.717, 1.165) is 56.4 Å². The van der Waals surface area contributed by atoms with Crippen molar-refractivity contribution in [2.75, 3.05) is 39.4 Å². The van der Waals surface area contributed by atoms with Crippen LogP contribution in [0.5, 0.6) is 0 Å². The Balaban J connectivity index is 1.67. The lowest BCUT2D eigenvalue weighted by molar-refractivity contribution is 0.00752. The molecule has 1 aliphatic rings. The van der Waals surface area contributed by atoms with Gasteiger partial charge in [-0.2, -0.15) is 0 Å². The van der Waals surface area contributed by atoms with Crippen molar-refractivity contribution in [2.24, 2.45) is 10.9 Å². The summed E-state index contributed by atoms with van der Waals surface area (Å²) in [6.07, 6.45) is 1.86. The molecule has 1 aromatic carbocycles. The molecule has 3 rings (SSSR count). The number of ether oxygens (including phenoxy) is 1. The highest BCUT2D eigenvalue weighted by atomic mass is 16.5. The Bertz CT molecular complexity index is 765. The number of hydrogen-bond donors (Lipinski definition) is 2. The summed E-state index contributed by atoms with van der Waals surface area (Å²) >= 11 is 0. The maximum atomic E-state index is 5.51. The summed E-state index contributed by atoms with van der Waals surface area (Å²) in [7, 11) is 0. The summed E-state index contributed by atoms with van der Waals surface area (Å²) in [6, 6.07) is 10.8. The second kappa shape index (κ2) is 10.4. The van der Waals surface area contributed by atoms with Crippen LogP contribution in [-0.4, -0.2) is 61.3 Å². The number of nitrogens with one attached hydrogen (secondary N) is 2. The average molecular weight is 384 g/mol. The van der Waals surface area contributed by atoms with Crippen LogP contribution in [0, 0.1) is 5.92 Å². The summed E-state index contributed by atoms with van der Waals surface area (Å²) in [5, 5.41) is 9.28. The largest absolute Gasteiger partial charge is 0.379 e. The molecule has 6 heteroatoms. The van der Waals surface area contributed by atoms with Gasteiger partial charge in [-0.25, -0.2) is 4.99 Å². The van der Waals surface area contributed by atoms with Crippen LogP contribution in [0.4, 0.5) is 0 Å². The number of pyridine rings is 1. The van der Waals surface area contributed by atoms with Crippen LogP contribution in [-0.2, 0) is 11.3 Å². The van der Waals surface area contributed by atoms with Gasteiger partial charge in [-0.3, -0.25) is 9.88 Å². The Labute approximate surface area is 168 Å². The van der Waals surface area contributed by atoms with E-state index in [4.69, 9.17) is 9.73 Å². The minimum absolute atomic E-state index is 0.462. The first-order chi connectivity index (χ1) is 13.7. The van der Waals surface area contributed by atoms with Gasteiger partial charge in [0, 0.05) is 43.8 Å². The van der Waals surface area contributed by atoms with Crippen LogP contribution in [0.3, 0.4) is 0 Å². The molecule has 0 saturated carbocycles. The zero-order valence-corrected chi connectivity index (χ0v) is 17.3. The fourth-order valence-electron chi connectivity index (χ4n) is 3.70. The molecule has 0 aliphatic carbocycles. The quantitative estimate of drug-likeness (QED) is 0.569. The van der Waals surface area contributed by atoms with Crippen LogP contribution < -0.4 is 10.6 Å². The lowest BCUT2D eigenvalue weighted by Gasteiger charge is -2.37. The predicted octanol–water partition coefficient (Wildman–Crippen LogP) is 2.65. The van der Waals surface area contributed by atoms with E-state index < -0.39 is 0 Å². The minimum atomic E-state index is 0.462. The molecule has 1 aliphatic heterocycles. The fourth-order valence-corrected chi connectivity index (χ4v) is 3.70. The number of morpholine rings is 1. The number of aliphatic imine (C=N–C) groups is 1. The number of benzene rings is 1. The topological polar surface area (TPSA) is 61.8 Å². The van der Waals surface area contributed by atoms with Crippen molar-refractivity contribution in [1.82, 2.24) is 20.5 Å². The molecular weight excluding hydrogens is 350 g/mol. The molecule has 152 valence electrons. The molecule has 2 N–H and O–H groups in total. The van der Waals surface area contributed by atoms with E-state index in [9.17, 15) is 0 Å². The smallest absolute Gasteiger partial charge is 0.191 e. The Morgan fingerprint density at radius 3 is 2.71 bits per heavy atom. The Morgan fingerprint density at radius 2 is 1.96 bits per heavy atom. The van der Waals surface area contributed by atoms with Crippen LogP contribution in [0.15, 0.2) is 41.5 Å². The highest BCUT2D eigenvalue weighted by Gasteiger charge is 2.23. The van der Waals surface area contributed by atoms with Crippen molar-refractivity contribution >= 4 is 16.7 Å². The minimum Gasteiger partial charge on any atom is -0.379 e. The zero-order chi connectivity index (χ0) is 19.8. The van der Waals surface area contributed by atoms with Crippen molar-refractivity contribution in [1.29, 1.82) is 0 Å². The van der Waals surface area contributed by atoms with Gasteiger partial charge in [-0.05, 0) is 24.3 Å². The summed E-state index contributed by atoms with van der Waals surface area (Å²) in [6.45, 7) is 12.6. The number of hydrogen-bond acceptors (Lipinski definition) is 4. The monoisotopic (exact) mass is 383 g/mol. The van der Waals surface area contributed by atoms with Gasteiger partial charge >= 0.3 is 0 Å². The molecule has 2 heterocycles. The highest BCUT2D eigenvalue weighted by Crippen LogP contribution is 2.17. The SMILES string of the molecule is CCNC(=NCc1nccc2ccccc12)NCC(C(C)C)N1CCOCC1. The second-order valence-corrected chi connectivity index (χ2v) is 7.51. The normalized spacial score (nSPS) is 17.1. The van der Waals surface area contributed by atoms with Gasteiger partial charge in [0.2, 0.25) is 0 Å². The Morgan fingerprint density at radius 1 is 1.18 bits per heavy atom. The van der Waals surface area contributed by atoms with Crippen molar-refractivity contribution in [3.05, 3.63) is 42.2 Å². The third kappa shape index (κ3) is 5.42. The van der Waals surface area contributed by atoms with Gasteiger partial charge in [0.25, 0.3) is 0 Å². The lowest BCUT2D eigenvalue weighted by atomic mass is 10.0. The summed E-state index contributed by atoms with van der Waals surface area (Å²) in [5.74, 6) is 1.41. The van der Waals surface area contributed by atoms with Crippen molar-refractivity contribution in [3.63, 3.8) is 0 Å². The van der Waals surface area contributed by atoms with E-state index in [1.807, 2.05) is 12.3 Å². The second-order valence-electron chi connectivity index (χ2n) is 7.51. The molecule has 1 atom stereocenters. The van der Waals surface area contributed by atoms with E-state index in [2.05, 4.69) is 65.6 Å².